The van der Waals surface area contributed by atoms with E-state index in [1.807, 2.05) is 25.1 Å². The van der Waals surface area contributed by atoms with E-state index in [1.165, 1.54) is 22.0 Å². The maximum absolute atomic E-state index is 12.8. The number of nitrogens with one attached hydrogen (secondary N) is 1. The van der Waals surface area contributed by atoms with Gasteiger partial charge < -0.3 is 14.8 Å². The molecule has 0 bridgehead atoms. The number of carbonyl (C=O) groups excluding carboxylic acids is 1. The molecule has 0 saturated carbocycles. The van der Waals surface area contributed by atoms with Gasteiger partial charge in [-0.1, -0.05) is 18.2 Å². The third-order valence-corrected chi connectivity index (χ3v) is 5.24. The average Bonchev–Trinajstić information content (AvgIpc) is 2.94. The normalized spacial score (nSPS) is 11.7. The van der Waals surface area contributed by atoms with Gasteiger partial charge in [-0.2, -0.15) is 0 Å². The molecular formula is C22H24N4O. The maximum atomic E-state index is 12.8. The first kappa shape index (κ1) is 17.5. The van der Waals surface area contributed by atoms with Crippen LogP contribution in [0.4, 0.5) is 0 Å². The van der Waals surface area contributed by atoms with Crippen LogP contribution in [0.5, 0.6) is 0 Å². The molecule has 138 valence electrons. The number of aromatic nitrogens is 2. The van der Waals surface area contributed by atoms with Gasteiger partial charge in [0.25, 0.3) is 5.91 Å². The second-order valence-electron chi connectivity index (χ2n) is 7.29. The molecule has 0 radical (unpaired) electrons. The van der Waals surface area contributed by atoms with Crippen LogP contribution in [0.3, 0.4) is 0 Å². The largest absolute Gasteiger partial charge is 0.349 e. The summed E-state index contributed by atoms with van der Waals surface area (Å²) in [6.45, 7) is 3.51. The summed E-state index contributed by atoms with van der Waals surface area (Å²) < 4.78 is 2.23. The molecule has 2 aromatic heterocycles. The fraction of sp³-hybridized carbons (Fsp3) is 0.273. The zero-order valence-electron chi connectivity index (χ0n) is 16.2. The minimum atomic E-state index is -0.124. The Bertz CT molecular complexity index is 1170. The molecular weight excluding hydrogens is 336 g/mol. The molecule has 0 fully saturated rings. The number of carbonyl (C=O) groups is 1. The van der Waals surface area contributed by atoms with Gasteiger partial charge in [0.15, 0.2) is 0 Å². The second-order valence-corrected chi connectivity index (χ2v) is 7.29. The fourth-order valence-corrected chi connectivity index (χ4v) is 3.90. The van der Waals surface area contributed by atoms with Crippen LogP contribution in [0.2, 0.25) is 0 Å². The highest BCUT2D eigenvalue weighted by molar-refractivity contribution is 6.17. The molecule has 1 N–H and O–H groups in total. The van der Waals surface area contributed by atoms with Crippen molar-refractivity contribution in [2.75, 3.05) is 27.2 Å². The van der Waals surface area contributed by atoms with Gasteiger partial charge >= 0.3 is 0 Å². The van der Waals surface area contributed by atoms with Gasteiger partial charge in [0.2, 0.25) is 0 Å². The molecule has 2 heterocycles. The van der Waals surface area contributed by atoms with E-state index in [1.54, 1.807) is 6.20 Å². The maximum Gasteiger partial charge on any atom is 0.270 e. The molecule has 0 spiro atoms. The lowest BCUT2D eigenvalue weighted by Crippen LogP contribution is -2.31. The predicted octanol–water partition coefficient (Wildman–Crippen LogP) is 3.48. The molecule has 0 unspecified atom stereocenters. The molecule has 5 nitrogen and oxygen atoms in total. The Kier molecular flexibility index (Phi) is 4.32. The molecule has 5 heteroatoms. The Labute approximate surface area is 158 Å². The van der Waals surface area contributed by atoms with Crippen molar-refractivity contribution in [1.82, 2.24) is 19.8 Å². The molecule has 0 aliphatic carbocycles. The van der Waals surface area contributed by atoms with Crippen LogP contribution in [0.25, 0.3) is 32.6 Å². The summed E-state index contributed by atoms with van der Waals surface area (Å²) in [5.74, 6) is -0.124. The monoisotopic (exact) mass is 360 g/mol. The van der Waals surface area contributed by atoms with Gasteiger partial charge in [-0.3, -0.25) is 9.78 Å². The van der Waals surface area contributed by atoms with E-state index in [2.05, 4.69) is 59.2 Å². The lowest BCUT2D eigenvalue weighted by atomic mass is 10.00. The van der Waals surface area contributed by atoms with Gasteiger partial charge in [0.05, 0.1) is 5.52 Å². The Hall–Kier alpha value is -2.92. The standard InChI is InChI=1S/C22H24N4O/c1-14-15-9-10-23-20(22(27)24-11-12-25(2)3)17(15)13-18-16-7-5-6-8-19(16)26(4)21(14)18/h5-10,13H,11-12H2,1-4H3,(H,24,27). The Morgan fingerprint density at radius 2 is 1.89 bits per heavy atom. The number of hydrogen-bond donors (Lipinski definition) is 1. The number of benzene rings is 2. The number of nitrogens with zero attached hydrogens (tertiary/aromatic N) is 3. The fourth-order valence-electron chi connectivity index (χ4n) is 3.90. The molecule has 2 aromatic carbocycles. The van der Waals surface area contributed by atoms with Crippen LogP contribution in [0, 0.1) is 6.92 Å². The smallest absolute Gasteiger partial charge is 0.270 e. The molecule has 4 rings (SSSR count). The number of fused-ring (bicyclic) bond motifs is 4. The van der Waals surface area contributed by atoms with Crippen molar-refractivity contribution < 1.29 is 4.79 Å². The van der Waals surface area contributed by atoms with Crippen LogP contribution < -0.4 is 5.32 Å². The molecule has 1 amide bonds. The molecule has 27 heavy (non-hydrogen) atoms. The number of aryl methyl sites for hydroxylation is 2. The van der Waals surface area contributed by atoms with E-state index >= 15 is 0 Å². The van der Waals surface area contributed by atoms with Gasteiger partial charge in [-0.15, -0.1) is 0 Å². The van der Waals surface area contributed by atoms with E-state index < -0.39 is 0 Å². The molecule has 4 aromatic rings. The van der Waals surface area contributed by atoms with Crippen LogP contribution in [-0.4, -0.2) is 47.5 Å². The quantitative estimate of drug-likeness (QED) is 0.606. The zero-order valence-corrected chi connectivity index (χ0v) is 16.2. The summed E-state index contributed by atoms with van der Waals surface area (Å²) >= 11 is 0. The number of hydrogen-bond acceptors (Lipinski definition) is 3. The minimum absolute atomic E-state index is 0.124. The van der Waals surface area contributed by atoms with Gasteiger partial charge in [-0.05, 0) is 50.2 Å². The summed E-state index contributed by atoms with van der Waals surface area (Å²) in [5.41, 5.74) is 4.06. The zero-order chi connectivity index (χ0) is 19.1. The molecule has 0 aliphatic heterocycles. The van der Waals surface area contributed by atoms with Crippen molar-refractivity contribution in [1.29, 1.82) is 0 Å². The van der Waals surface area contributed by atoms with E-state index in [0.29, 0.717) is 12.2 Å². The van der Waals surface area contributed by atoms with Gasteiger partial charge in [0, 0.05) is 48.0 Å². The van der Waals surface area contributed by atoms with E-state index in [4.69, 9.17) is 0 Å². The number of likely N-dealkylation sites (N-methyl/N-ethyl adjacent to an activating group) is 1. The van der Waals surface area contributed by atoms with Crippen molar-refractivity contribution in [3.8, 4) is 0 Å². The predicted molar refractivity (Wildman–Crippen MR) is 111 cm³/mol. The lowest BCUT2D eigenvalue weighted by molar-refractivity contribution is 0.0948. The number of rotatable bonds is 4. The average molecular weight is 360 g/mol. The lowest BCUT2D eigenvalue weighted by Gasteiger charge is -2.12. The van der Waals surface area contributed by atoms with Crippen LogP contribution >= 0.6 is 0 Å². The van der Waals surface area contributed by atoms with Gasteiger partial charge in [-0.25, -0.2) is 0 Å². The molecule has 0 aliphatic rings. The third kappa shape index (κ3) is 2.84. The third-order valence-electron chi connectivity index (χ3n) is 5.24. The minimum Gasteiger partial charge on any atom is -0.349 e. The van der Waals surface area contributed by atoms with Crippen molar-refractivity contribution in [3.63, 3.8) is 0 Å². The highest BCUT2D eigenvalue weighted by Gasteiger charge is 2.17. The van der Waals surface area contributed by atoms with E-state index in [-0.39, 0.29) is 5.91 Å². The highest BCUT2D eigenvalue weighted by Crippen LogP contribution is 2.35. The second kappa shape index (κ2) is 6.67. The van der Waals surface area contributed by atoms with Crippen molar-refractivity contribution >= 4 is 38.5 Å². The summed E-state index contributed by atoms with van der Waals surface area (Å²) in [6.07, 6.45) is 1.73. The van der Waals surface area contributed by atoms with Crippen molar-refractivity contribution in [2.24, 2.45) is 7.05 Å². The van der Waals surface area contributed by atoms with Crippen molar-refractivity contribution in [3.05, 3.63) is 53.9 Å². The van der Waals surface area contributed by atoms with Crippen LogP contribution in [-0.2, 0) is 7.05 Å². The summed E-state index contributed by atoms with van der Waals surface area (Å²) in [6, 6.07) is 12.5. The Balaban J connectivity index is 1.92. The van der Waals surface area contributed by atoms with Crippen LogP contribution in [0.1, 0.15) is 16.1 Å². The highest BCUT2D eigenvalue weighted by atomic mass is 16.1. The van der Waals surface area contributed by atoms with Crippen molar-refractivity contribution in [2.45, 2.75) is 6.92 Å². The summed E-state index contributed by atoms with van der Waals surface area (Å²) in [5, 5.41) is 7.32. The van der Waals surface area contributed by atoms with Gasteiger partial charge in [0.1, 0.15) is 5.69 Å². The van der Waals surface area contributed by atoms with Crippen LogP contribution in [0.15, 0.2) is 42.6 Å². The SMILES string of the molecule is Cc1c2ccnc(C(=O)NCCN(C)C)c2cc2c3ccccc3n(C)c12. The number of pyridine rings is 1. The first-order chi connectivity index (χ1) is 13.0. The topological polar surface area (TPSA) is 50.2 Å². The molecule has 0 saturated heterocycles. The van der Waals surface area contributed by atoms with E-state index in [9.17, 15) is 4.79 Å². The Morgan fingerprint density at radius 3 is 2.67 bits per heavy atom. The Morgan fingerprint density at radius 1 is 1.11 bits per heavy atom. The summed E-state index contributed by atoms with van der Waals surface area (Å²) in [7, 11) is 6.07. The first-order valence-corrected chi connectivity index (χ1v) is 9.17. The molecule has 0 atom stereocenters. The summed E-state index contributed by atoms with van der Waals surface area (Å²) in [4.78, 5) is 19.2. The first-order valence-electron chi connectivity index (χ1n) is 9.17. The number of amides is 1. The van der Waals surface area contributed by atoms with E-state index in [0.717, 1.165) is 22.7 Å². The number of para-hydroxylation sites is 1.